The van der Waals surface area contributed by atoms with Gasteiger partial charge in [0.2, 0.25) is 0 Å². The van der Waals surface area contributed by atoms with Crippen molar-refractivity contribution in [3.8, 4) is 0 Å². The van der Waals surface area contributed by atoms with Gasteiger partial charge in [-0.3, -0.25) is 9.69 Å². The average molecular weight is 302 g/mol. The maximum absolute atomic E-state index is 14.1. The number of fused-ring (bicyclic) bond motifs is 2. The van der Waals surface area contributed by atoms with E-state index in [0.29, 0.717) is 18.5 Å². The van der Waals surface area contributed by atoms with Gasteiger partial charge in [0.25, 0.3) is 5.91 Å². The largest absolute Gasteiger partial charge is 0.328 e. The number of urea groups is 1. The van der Waals surface area contributed by atoms with Crippen LogP contribution >= 0.6 is 0 Å². The molecule has 2 aliphatic heterocycles. The summed E-state index contributed by atoms with van der Waals surface area (Å²) in [4.78, 5) is 28.5. The van der Waals surface area contributed by atoms with E-state index in [1.165, 1.54) is 11.0 Å². The number of benzene rings is 1. The molecule has 0 saturated carbocycles. The van der Waals surface area contributed by atoms with Gasteiger partial charge in [-0.25, -0.2) is 9.18 Å². The fraction of sp³-hybridized carbons (Fsp3) is 0.529. The number of imide groups is 1. The lowest BCUT2D eigenvalue weighted by atomic mass is 9.79. The van der Waals surface area contributed by atoms with Gasteiger partial charge in [0.15, 0.2) is 0 Å². The van der Waals surface area contributed by atoms with Crippen LogP contribution in [0.25, 0.3) is 0 Å². The quantitative estimate of drug-likeness (QED) is 0.748. The van der Waals surface area contributed by atoms with Crippen LogP contribution in [-0.2, 0) is 11.2 Å². The smallest absolute Gasteiger partial charge is 0.312 e. The summed E-state index contributed by atoms with van der Waals surface area (Å²) in [6.07, 6.45) is 3.10. The van der Waals surface area contributed by atoms with E-state index in [9.17, 15) is 14.0 Å². The first-order chi connectivity index (χ1) is 10.6. The predicted molar refractivity (Wildman–Crippen MR) is 78.6 cm³/mol. The minimum absolute atomic E-state index is 0.100. The summed E-state index contributed by atoms with van der Waals surface area (Å²) in [6.45, 7) is 2.70. The maximum Gasteiger partial charge on any atom is 0.328 e. The Balaban J connectivity index is 1.78. The second-order valence-electron chi connectivity index (χ2n) is 6.61. The summed E-state index contributed by atoms with van der Waals surface area (Å²) in [6, 6.07) is 4.18. The van der Waals surface area contributed by atoms with Gasteiger partial charge in [0.1, 0.15) is 11.9 Å². The molecule has 0 aromatic heterocycles. The molecule has 5 heteroatoms. The molecule has 0 N–H and O–H groups in total. The van der Waals surface area contributed by atoms with E-state index >= 15 is 0 Å². The first-order valence-electron chi connectivity index (χ1n) is 8.00. The Bertz CT molecular complexity index is 638. The van der Waals surface area contributed by atoms with Crippen LogP contribution in [0.15, 0.2) is 18.2 Å². The summed E-state index contributed by atoms with van der Waals surface area (Å²) < 4.78 is 14.1. The highest BCUT2D eigenvalue weighted by Crippen LogP contribution is 2.43. The second-order valence-corrected chi connectivity index (χ2v) is 6.61. The molecule has 3 amide bonds. The van der Waals surface area contributed by atoms with Gasteiger partial charge in [0, 0.05) is 6.54 Å². The number of hydrogen-bond donors (Lipinski definition) is 0. The minimum Gasteiger partial charge on any atom is -0.312 e. The van der Waals surface area contributed by atoms with Crippen LogP contribution in [0.4, 0.5) is 9.18 Å². The first-order valence-corrected chi connectivity index (χ1v) is 8.00. The zero-order valence-corrected chi connectivity index (χ0v) is 12.6. The van der Waals surface area contributed by atoms with Gasteiger partial charge in [-0.15, -0.1) is 0 Å². The fourth-order valence-electron chi connectivity index (χ4n) is 4.25. The average Bonchev–Trinajstić information content (AvgIpc) is 3.06. The fourth-order valence-corrected chi connectivity index (χ4v) is 4.25. The molecule has 1 aliphatic carbocycles. The van der Waals surface area contributed by atoms with E-state index in [1.54, 1.807) is 11.0 Å². The van der Waals surface area contributed by atoms with Crippen LogP contribution in [-0.4, -0.2) is 34.3 Å². The van der Waals surface area contributed by atoms with Crippen LogP contribution in [0.1, 0.15) is 43.4 Å². The lowest BCUT2D eigenvalue weighted by Crippen LogP contribution is -2.41. The first kappa shape index (κ1) is 13.7. The highest BCUT2D eigenvalue weighted by Gasteiger charge is 2.51. The highest BCUT2D eigenvalue weighted by atomic mass is 19.1. The number of carbonyl (C=O) groups is 2. The molecule has 3 unspecified atom stereocenters. The topological polar surface area (TPSA) is 40.6 Å². The van der Waals surface area contributed by atoms with Gasteiger partial charge >= 0.3 is 6.03 Å². The van der Waals surface area contributed by atoms with Crippen molar-refractivity contribution in [1.82, 2.24) is 9.80 Å². The Kier molecular flexibility index (Phi) is 2.99. The summed E-state index contributed by atoms with van der Waals surface area (Å²) >= 11 is 0. The molecule has 0 spiro atoms. The van der Waals surface area contributed by atoms with Crippen LogP contribution in [0.3, 0.4) is 0 Å². The molecule has 2 fully saturated rings. The lowest BCUT2D eigenvalue weighted by molar-refractivity contribution is -0.130. The molecule has 4 rings (SSSR count). The standard InChI is InChI=1S/C17H19FN2O2/c1-10-7-8-11-12(4-2-5-13(11)18)15(10)20-16(21)14-6-3-9-19(14)17(20)22/h2,4-5,10,14-15H,3,6-9H2,1H3. The zero-order valence-electron chi connectivity index (χ0n) is 12.6. The molecule has 0 bridgehead atoms. The summed E-state index contributed by atoms with van der Waals surface area (Å²) in [5.41, 5.74) is 1.47. The molecule has 116 valence electrons. The second kappa shape index (κ2) is 4.80. The number of halogens is 1. The molecule has 1 aromatic rings. The molecule has 4 nitrogen and oxygen atoms in total. The van der Waals surface area contributed by atoms with Crippen molar-refractivity contribution in [3.05, 3.63) is 35.1 Å². The molecule has 2 saturated heterocycles. The van der Waals surface area contributed by atoms with Gasteiger partial charge in [-0.2, -0.15) is 0 Å². The van der Waals surface area contributed by atoms with E-state index in [2.05, 4.69) is 0 Å². The van der Waals surface area contributed by atoms with E-state index < -0.39 is 0 Å². The Morgan fingerprint density at radius 3 is 2.82 bits per heavy atom. The third kappa shape index (κ3) is 1.74. The number of nitrogens with zero attached hydrogens (tertiary/aromatic N) is 2. The zero-order chi connectivity index (χ0) is 15.4. The Labute approximate surface area is 128 Å². The van der Waals surface area contributed by atoms with Crippen molar-refractivity contribution < 1.29 is 14.0 Å². The van der Waals surface area contributed by atoms with Crippen molar-refractivity contribution in [2.24, 2.45) is 5.92 Å². The maximum atomic E-state index is 14.1. The lowest BCUT2D eigenvalue weighted by Gasteiger charge is -2.36. The van der Waals surface area contributed by atoms with Crippen molar-refractivity contribution >= 4 is 11.9 Å². The normalized spacial score (nSPS) is 30.7. The number of rotatable bonds is 1. The van der Waals surface area contributed by atoms with Crippen LogP contribution < -0.4 is 0 Å². The SMILES string of the molecule is CC1CCc2c(F)cccc2C1N1C(=O)C2CCCN2C1=O. The summed E-state index contributed by atoms with van der Waals surface area (Å²) in [5.74, 6) is -0.173. The molecule has 2 heterocycles. The predicted octanol–water partition coefficient (Wildman–Crippen LogP) is 2.88. The summed E-state index contributed by atoms with van der Waals surface area (Å²) in [5, 5.41) is 0. The molecule has 1 aromatic carbocycles. The van der Waals surface area contributed by atoms with Gasteiger partial charge in [0.05, 0.1) is 6.04 Å². The van der Waals surface area contributed by atoms with E-state index in [4.69, 9.17) is 0 Å². The monoisotopic (exact) mass is 302 g/mol. The Morgan fingerprint density at radius 1 is 1.23 bits per heavy atom. The van der Waals surface area contributed by atoms with E-state index in [-0.39, 0.29) is 35.8 Å². The Hall–Kier alpha value is -1.91. The third-order valence-electron chi connectivity index (χ3n) is 5.37. The number of carbonyl (C=O) groups excluding carboxylic acids is 2. The third-order valence-corrected chi connectivity index (χ3v) is 5.37. The van der Waals surface area contributed by atoms with E-state index in [1.807, 2.05) is 13.0 Å². The Morgan fingerprint density at radius 2 is 2.05 bits per heavy atom. The highest BCUT2D eigenvalue weighted by molar-refractivity contribution is 6.05. The van der Waals surface area contributed by atoms with Crippen molar-refractivity contribution in [2.45, 2.75) is 44.7 Å². The van der Waals surface area contributed by atoms with Crippen LogP contribution in [0, 0.1) is 11.7 Å². The van der Waals surface area contributed by atoms with Crippen molar-refractivity contribution in [3.63, 3.8) is 0 Å². The van der Waals surface area contributed by atoms with Crippen molar-refractivity contribution in [1.29, 1.82) is 0 Å². The van der Waals surface area contributed by atoms with Crippen LogP contribution in [0.5, 0.6) is 0 Å². The van der Waals surface area contributed by atoms with Gasteiger partial charge in [-0.1, -0.05) is 19.1 Å². The molecule has 3 atom stereocenters. The summed E-state index contributed by atoms with van der Waals surface area (Å²) in [7, 11) is 0. The molecule has 22 heavy (non-hydrogen) atoms. The van der Waals surface area contributed by atoms with E-state index in [0.717, 1.165) is 24.8 Å². The van der Waals surface area contributed by atoms with Crippen LogP contribution in [0.2, 0.25) is 0 Å². The van der Waals surface area contributed by atoms with Gasteiger partial charge < -0.3 is 4.90 Å². The number of amides is 3. The minimum atomic E-state index is -0.329. The molecule has 0 radical (unpaired) electrons. The van der Waals surface area contributed by atoms with Gasteiger partial charge in [-0.05, 0) is 48.8 Å². The van der Waals surface area contributed by atoms with Crippen molar-refractivity contribution in [2.75, 3.05) is 6.54 Å². The number of hydrogen-bond acceptors (Lipinski definition) is 2. The molecular weight excluding hydrogens is 283 g/mol. The molecular formula is C17H19FN2O2. The molecule has 3 aliphatic rings.